The summed E-state index contributed by atoms with van der Waals surface area (Å²) in [5.74, 6) is -0.241. The summed E-state index contributed by atoms with van der Waals surface area (Å²) in [4.78, 5) is 22.5. The molecule has 0 atom stereocenters. The van der Waals surface area contributed by atoms with E-state index in [1.807, 2.05) is 6.92 Å². The van der Waals surface area contributed by atoms with Gasteiger partial charge in [-0.15, -0.1) is 0 Å². The molecule has 0 fully saturated rings. The average Bonchev–Trinajstić information content (AvgIpc) is 3.03. The largest absolute Gasteiger partial charge is 0.462 e. The first-order valence-corrected chi connectivity index (χ1v) is 7.52. The smallest absolute Gasteiger partial charge is 0.349 e. The van der Waals surface area contributed by atoms with Gasteiger partial charge in [0.1, 0.15) is 23.2 Å². The summed E-state index contributed by atoms with van der Waals surface area (Å²) in [5, 5.41) is 20.3. The SMILES string of the molecule is CCOC(=O)/C(C#N)=C\c1ccc(-c2cc(C)c(C)cc2[N+](=O)[O-])o1. The van der Waals surface area contributed by atoms with Gasteiger partial charge in [-0.05, 0) is 50.1 Å². The number of nitriles is 1. The van der Waals surface area contributed by atoms with E-state index in [0.29, 0.717) is 5.56 Å². The van der Waals surface area contributed by atoms with Gasteiger partial charge in [0.2, 0.25) is 0 Å². The van der Waals surface area contributed by atoms with E-state index in [1.54, 1.807) is 32.0 Å². The van der Waals surface area contributed by atoms with Crippen molar-refractivity contribution in [1.82, 2.24) is 0 Å². The van der Waals surface area contributed by atoms with Gasteiger partial charge < -0.3 is 9.15 Å². The number of hydrogen-bond acceptors (Lipinski definition) is 6. The van der Waals surface area contributed by atoms with Crippen LogP contribution in [0.3, 0.4) is 0 Å². The quantitative estimate of drug-likeness (QED) is 0.268. The van der Waals surface area contributed by atoms with E-state index in [4.69, 9.17) is 14.4 Å². The van der Waals surface area contributed by atoms with E-state index >= 15 is 0 Å². The molecule has 1 aromatic heterocycles. The molecule has 0 amide bonds. The van der Waals surface area contributed by atoms with Gasteiger partial charge in [-0.3, -0.25) is 10.1 Å². The first-order chi connectivity index (χ1) is 11.9. The second-order valence-electron chi connectivity index (χ2n) is 5.30. The third-order valence-corrected chi connectivity index (χ3v) is 3.60. The Labute approximate surface area is 144 Å². The number of nitro groups is 1. The van der Waals surface area contributed by atoms with Crippen LogP contribution in [0.5, 0.6) is 0 Å². The highest BCUT2D eigenvalue weighted by molar-refractivity contribution is 5.97. The highest BCUT2D eigenvalue weighted by Gasteiger charge is 2.20. The number of aryl methyl sites for hydroxylation is 2. The zero-order valence-corrected chi connectivity index (χ0v) is 14.0. The highest BCUT2D eigenvalue weighted by Crippen LogP contribution is 2.34. The van der Waals surface area contributed by atoms with Crippen LogP contribution in [0.2, 0.25) is 0 Å². The number of benzene rings is 1. The summed E-state index contributed by atoms with van der Waals surface area (Å²) in [5.41, 5.74) is 1.74. The minimum Gasteiger partial charge on any atom is -0.462 e. The summed E-state index contributed by atoms with van der Waals surface area (Å²) in [6.45, 7) is 5.43. The Morgan fingerprint density at radius 3 is 2.64 bits per heavy atom. The van der Waals surface area contributed by atoms with Gasteiger partial charge in [-0.2, -0.15) is 5.26 Å². The van der Waals surface area contributed by atoms with Gasteiger partial charge in [0.05, 0.1) is 17.1 Å². The van der Waals surface area contributed by atoms with Crippen LogP contribution in [0.25, 0.3) is 17.4 Å². The van der Waals surface area contributed by atoms with Crippen LogP contribution >= 0.6 is 0 Å². The second-order valence-corrected chi connectivity index (χ2v) is 5.30. The zero-order valence-electron chi connectivity index (χ0n) is 14.0. The zero-order chi connectivity index (χ0) is 18.6. The first-order valence-electron chi connectivity index (χ1n) is 7.52. The molecule has 0 aliphatic heterocycles. The van der Waals surface area contributed by atoms with E-state index in [2.05, 4.69) is 0 Å². The van der Waals surface area contributed by atoms with Gasteiger partial charge in [0, 0.05) is 12.1 Å². The summed E-state index contributed by atoms with van der Waals surface area (Å²) < 4.78 is 10.4. The van der Waals surface area contributed by atoms with Crippen LogP contribution in [0.15, 0.2) is 34.3 Å². The number of nitrogens with zero attached hydrogens (tertiary/aromatic N) is 2. The van der Waals surface area contributed by atoms with E-state index < -0.39 is 10.9 Å². The van der Waals surface area contributed by atoms with Crippen molar-refractivity contribution in [3.63, 3.8) is 0 Å². The maximum absolute atomic E-state index is 11.6. The summed E-state index contributed by atoms with van der Waals surface area (Å²) in [7, 11) is 0. The highest BCUT2D eigenvalue weighted by atomic mass is 16.6. The normalized spacial score (nSPS) is 11.0. The van der Waals surface area contributed by atoms with Gasteiger partial charge in [0.25, 0.3) is 5.69 Å². The molecule has 0 spiro atoms. The molecule has 1 aromatic carbocycles. The number of esters is 1. The van der Waals surface area contributed by atoms with Crippen molar-refractivity contribution < 1.29 is 18.9 Å². The van der Waals surface area contributed by atoms with Crippen molar-refractivity contribution in [2.45, 2.75) is 20.8 Å². The van der Waals surface area contributed by atoms with Crippen molar-refractivity contribution in [2.24, 2.45) is 0 Å². The lowest BCUT2D eigenvalue weighted by Gasteiger charge is -2.05. The third kappa shape index (κ3) is 3.93. The molecule has 0 radical (unpaired) electrons. The minimum absolute atomic E-state index is 0.0705. The third-order valence-electron chi connectivity index (χ3n) is 3.60. The van der Waals surface area contributed by atoms with Crippen LogP contribution in [0.4, 0.5) is 5.69 Å². The standard InChI is InChI=1S/C18H16N2O5/c1-4-24-18(21)13(10-19)9-14-5-6-17(25-14)15-7-11(2)12(3)8-16(15)20(22)23/h5-9H,4H2,1-3H3/b13-9-. The topological polar surface area (TPSA) is 106 Å². The molecule has 0 N–H and O–H groups in total. The molecule has 0 aliphatic rings. The lowest BCUT2D eigenvalue weighted by Crippen LogP contribution is -2.05. The summed E-state index contributed by atoms with van der Waals surface area (Å²) in [6.07, 6.45) is 1.24. The summed E-state index contributed by atoms with van der Waals surface area (Å²) in [6, 6.07) is 8.00. The predicted octanol–water partition coefficient (Wildman–Crippen LogP) is 3.94. The van der Waals surface area contributed by atoms with Crippen molar-refractivity contribution >= 4 is 17.7 Å². The number of carbonyl (C=O) groups excluding carboxylic acids is 1. The number of carbonyl (C=O) groups is 1. The van der Waals surface area contributed by atoms with E-state index in [-0.39, 0.29) is 29.4 Å². The Kier molecular flexibility index (Phi) is 5.35. The Hall–Kier alpha value is -3.40. The number of rotatable bonds is 5. The predicted molar refractivity (Wildman–Crippen MR) is 90.5 cm³/mol. The second kappa shape index (κ2) is 7.45. The minimum atomic E-state index is -0.750. The van der Waals surface area contributed by atoms with Crippen LogP contribution in [-0.4, -0.2) is 17.5 Å². The van der Waals surface area contributed by atoms with Crippen molar-refractivity contribution in [2.75, 3.05) is 6.61 Å². The molecule has 0 saturated carbocycles. The van der Waals surface area contributed by atoms with E-state index in [9.17, 15) is 14.9 Å². The molecule has 1 heterocycles. The number of nitro benzene ring substituents is 1. The monoisotopic (exact) mass is 340 g/mol. The van der Waals surface area contributed by atoms with E-state index in [0.717, 1.165) is 11.1 Å². The van der Waals surface area contributed by atoms with E-state index in [1.165, 1.54) is 18.2 Å². The van der Waals surface area contributed by atoms with Gasteiger partial charge in [-0.25, -0.2) is 4.79 Å². The number of ether oxygens (including phenoxy) is 1. The molecule has 0 bridgehead atoms. The van der Waals surface area contributed by atoms with Crippen molar-refractivity contribution in [1.29, 1.82) is 5.26 Å². The van der Waals surface area contributed by atoms with Gasteiger partial charge >= 0.3 is 5.97 Å². The fourth-order valence-electron chi connectivity index (χ4n) is 2.21. The Bertz CT molecular complexity index is 903. The molecule has 25 heavy (non-hydrogen) atoms. The Balaban J connectivity index is 2.46. The van der Waals surface area contributed by atoms with Crippen molar-refractivity contribution in [3.05, 3.63) is 56.8 Å². The molecular weight excluding hydrogens is 324 g/mol. The molecule has 2 aromatic rings. The van der Waals surface area contributed by atoms with Crippen LogP contribution < -0.4 is 0 Å². The van der Waals surface area contributed by atoms with Crippen LogP contribution in [0, 0.1) is 35.3 Å². The van der Waals surface area contributed by atoms with Crippen LogP contribution in [0.1, 0.15) is 23.8 Å². The average molecular weight is 340 g/mol. The van der Waals surface area contributed by atoms with Crippen LogP contribution in [-0.2, 0) is 9.53 Å². The fourth-order valence-corrected chi connectivity index (χ4v) is 2.21. The Morgan fingerprint density at radius 1 is 1.36 bits per heavy atom. The molecular formula is C18H16N2O5. The lowest BCUT2D eigenvalue weighted by atomic mass is 10.0. The number of furan rings is 1. The molecule has 0 aliphatic carbocycles. The maximum atomic E-state index is 11.6. The number of hydrogen-bond donors (Lipinski definition) is 0. The van der Waals surface area contributed by atoms with Gasteiger partial charge in [-0.1, -0.05) is 0 Å². The lowest BCUT2D eigenvalue weighted by molar-refractivity contribution is -0.384. The summed E-state index contributed by atoms with van der Waals surface area (Å²) >= 11 is 0. The molecule has 0 saturated heterocycles. The molecule has 7 heteroatoms. The Morgan fingerprint density at radius 2 is 2.04 bits per heavy atom. The molecule has 0 unspecified atom stereocenters. The van der Waals surface area contributed by atoms with Crippen molar-refractivity contribution in [3.8, 4) is 17.4 Å². The molecule has 2 rings (SSSR count). The van der Waals surface area contributed by atoms with Gasteiger partial charge in [0.15, 0.2) is 0 Å². The molecule has 128 valence electrons. The fraction of sp³-hybridized carbons (Fsp3) is 0.222. The first kappa shape index (κ1) is 17.9. The molecule has 7 nitrogen and oxygen atoms in total. The maximum Gasteiger partial charge on any atom is 0.349 e.